The van der Waals surface area contributed by atoms with E-state index >= 15 is 0 Å². The number of ether oxygens (including phenoxy) is 2. The molecule has 7 heteroatoms. The van der Waals surface area contributed by atoms with Crippen LogP contribution in [-0.4, -0.2) is 35.6 Å². The number of rotatable bonds is 14. The molecule has 1 aromatic carbocycles. The molecule has 0 bridgehead atoms. The Bertz CT molecular complexity index is 877. The van der Waals surface area contributed by atoms with Crippen LogP contribution in [0.25, 0.3) is 0 Å². The predicted molar refractivity (Wildman–Crippen MR) is 135 cm³/mol. The maximum atomic E-state index is 12.2. The molecule has 2 rings (SSSR count). The molecule has 0 aliphatic heterocycles. The largest absolute Gasteiger partial charge is 0.494 e. The Balaban J connectivity index is 1.51. The van der Waals surface area contributed by atoms with Gasteiger partial charge in [-0.15, -0.1) is 0 Å². The average molecular weight is 489 g/mol. The molecule has 1 N–H and O–H groups in total. The van der Waals surface area contributed by atoms with Crippen molar-refractivity contribution in [1.82, 2.24) is 10.3 Å². The Morgan fingerprint density at radius 1 is 0.941 bits per heavy atom. The molecule has 0 aliphatic rings. The fourth-order valence-corrected chi connectivity index (χ4v) is 3.47. The van der Waals surface area contributed by atoms with Gasteiger partial charge in [0.25, 0.3) is 5.91 Å². The predicted octanol–water partition coefficient (Wildman–Crippen LogP) is 6.16. The van der Waals surface area contributed by atoms with Crippen molar-refractivity contribution in [2.45, 2.75) is 77.7 Å². The molecule has 0 spiro atoms. The first-order chi connectivity index (χ1) is 16.2. The van der Waals surface area contributed by atoms with Crippen molar-refractivity contribution >= 4 is 23.5 Å². The van der Waals surface area contributed by atoms with E-state index in [2.05, 4.69) is 10.3 Å². The van der Waals surface area contributed by atoms with Gasteiger partial charge < -0.3 is 14.8 Å². The molecule has 1 heterocycles. The molecular weight excluding hydrogens is 452 g/mol. The van der Waals surface area contributed by atoms with Crippen LogP contribution in [0.3, 0.4) is 0 Å². The molecule has 186 valence electrons. The normalized spacial score (nSPS) is 11.2. The highest BCUT2D eigenvalue weighted by atomic mass is 35.5. The number of pyridine rings is 1. The molecule has 0 radical (unpaired) electrons. The van der Waals surface area contributed by atoms with Gasteiger partial charge in [-0.3, -0.25) is 9.59 Å². The number of hydrogen-bond donors (Lipinski definition) is 1. The Kier molecular flexibility index (Phi) is 11.9. The summed E-state index contributed by atoms with van der Waals surface area (Å²) in [7, 11) is 0. The highest BCUT2D eigenvalue weighted by molar-refractivity contribution is 6.29. The third-order valence-electron chi connectivity index (χ3n) is 5.07. The summed E-state index contributed by atoms with van der Waals surface area (Å²) >= 11 is 5.80. The third kappa shape index (κ3) is 12.0. The number of nitrogens with one attached hydrogen (secondary N) is 1. The molecule has 0 atom stereocenters. The topological polar surface area (TPSA) is 77.5 Å². The van der Waals surface area contributed by atoms with Gasteiger partial charge in [-0.25, -0.2) is 4.98 Å². The van der Waals surface area contributed by atoms with E-state index in [-0.39, 0.29) is 24.8 Å². The van der Waals surface area contributed by atoms with E-state index in [9.17, 15) is 9.59 Å². The van der Waals surface area contributed by atoms with E-state index in [1.165, 1.54) is 31.2 Å². The number of hydrogen-bond acceptors (Lipinski definition) is 5. The molecule has 0 aliphatic carbocycles. The fraction of sp³-hybridized carbons (Fsp3) is 0.519. The molecule has 0 saturated carbocycles. The first kappa shape index (κ1) is 27.6. The van der Waals surface area contributed by atoms with Crippen molar-refractivity contribution in [3.63, 3.8) is 0 Å². The van der Waals surface area contributed by atoms with E-state index in [0.29, 0.717) is 17.3 Å². The zero-order valence-electron chi connectivity index (χ0n) is 20.6. The Labute approximate surface area is 208 Å². The monoisotopic (exact) mass is 488 g/mol. The van der Waals surface area contributed by atoms with Crippen LogP contribution < -0.4 is 10.1 Å². The Morgan fingerprint density at radius 2 is 1.62 bits per heavy atom. The lowest BCUT2D eigenvalue weighted by Crippen LogP contribution is -2.29. The van der Waals surface area contributed by atoms with Gasteiger partial charge in [0.15, 0.2) is 0 Å². The van der Waals surface area contributed by atoms with Gasteiger partial charge in [-0.05, 0) is 75.9 Å². The van der Waals surface area contributed by atoms with E-state index < -0.39 is 5.60 Å². The van der Waals surface area contributed by atoms with Crippen LogP contribution in [0.5, 0.6) is 5.75 Å². The number of esters is 1. The summed E-state index contributed by atoms with van der Waals surface area (Å²) in [6.07, 6.45) is 9.99. The van der Waals surface area contributed by atoms with Crippen LogP contribution in [-0.2, 0) is 16.0 Å². The van der Waals surface area contributed by atoms with Gasteiger partial charge in [-0.1, -0.05) is 43.4 Å². The van der Waals surface area contributed by atoms with Crippen LogP contribution in [0.15, 0.2) is 42.6 Å². The number of benzene rings is 1. The van der Waals surface area contributed by atoms with Gasteiger partial charge >= 0.3 is 5.97 Å². The van der Waals surface area contributed by atoms with Crippen molar-refractivity contribution in [2.24, 2.45) is 0 Å². The van der Waals surface area contributed by atoms with Crippen molar-refractivity contribution in [2.75, 3.05) is 13.2 Å². The van der Waals surface area contributed by atoms with Crippen molar-refractivity contribution in [3.05, 3.63) is 58.9 Å². The van der Waals surface area contributed by atoms with Crippen LogP contribution >= 0.6 is 11.6 Å². The van der Waals surface area contributed by atoms with Gasteiger partial charge in [0.05, 0.1) is 13.0 Å². The minimum Gasteiger partial charge on any atom is -0.494 e. The summed E-state index contributed by atoms with van der Waals surface area (Å²) in [6, 6.07) is 10.9. The molecule has 0 unspecified atom stereocenters. The Morgan fingerprint density at radius 3 is 2.26 bits per heavy atom. The second kappa shape index (κ2) is 14.6. The first-order valence-electron chi connectivity index (χ1n) is 12.1. The molecular formula is C27H37ClN2O4. The fourth-order valence-electron chi connectivity index (χ4n) is 3.36. The first-order valence-corrected chi connectivity index (χ1v) is 12.4. The van der Waals surface area contributed by atoms with E-state index in [4.69, 9.17) is 21.1 Å². The number of carbonyl (C=O) groups is 2. The van der Waals surface area contributed by atoms with Crippen molar-refractivity contribution < 1.29 is 19.1 Å². The minimum absolute atomic E-state index is 0.143. The van der Waals surface area contributed by atoms with Gasteiger partial charge in [-0.2, -0.15) is 0 Å². The maximum absolute atomic E-state index is 12.2. The zero-order chi connectivity index (χ0) is 24.8. The Hall–Kier alpha value is -2.60. The van der Waals surface area contributed by atoms with Gasteiger partial charge in [0.1, 0.15) is 16.5 Å². The summed E-state index contributed by atoms with van der Waals surface area (Å²) in [5, 5.41) is 3.28. The number of nitrogens with zero attached hydrogens (tertiary/aromatic N) is 1. The average Bonchev–Trinajstić information content (AvgIpc) is 2.78. The summed E-state index contributed by atoms with van der Waals surface area (Å²) < 4.78 is 11.0. The second-order valence-electron chi connectivity index (χ2n) is 9.33. The third-order valence-corrected chi connectivity index (χ3v) is 5.29. The van der Waals surface area contributed by atoms with Crippen molar-refractivity contribution in [1.29, 1.82) is 0 Å². The summed E-state index contributed by atoms with van der Waals surface area (Å²) in [4.78, 5) is 28.0. The standard InChI is InChI=1S/C27H37ClN2O4/c1-27(2,3)34-25(31)17-18-29-26(32)22-12-14-23(15-13-22)33-19-9-7-5-4-6-8-10-21-11-16-24(28)30-20-21/h11-16,20H,4-10,17-19H2,1-3H3,(H,29,32). The summed E-state index contributed by atoms with van der Waals surface area (Å²) in [6.45, 7) is 6.35. The second-order valence-corrected chi connectivity index (χ2v) is 9.71. The molecule has 0 fully saturated rings. The van der Waals surface area contributed by atoms with Crippen LogP contribution in [0, 0.1) is 0 Å². The number of carbonyl (C=O) groups excluding carboxylic acids is 2. The molecule has 0 saturated heterocycles. The maximum Gasteiger partial charge on any atom is 0.308 e. The number of aromatic nitrogens is 1. The van der Waals surface area contributed by atoms with Gasteiger partial charge in [0.2, 0.25) is 0 Å². The van der Waals surface area contributed by atoms with Crippen molar-refractivity contribution in [3.8, 4) is 5.75 Å². The lowest BCUT2D eigenvalue weighted by Gasteiger charge is -2.19. The van der Waals surface area contributed by atoms with E-state index in [1.54, 1.807) is 24.3 Å². The molecule has 2 aromatic rings. The molecule has 6 nitrogen and oxygen atoms in total. The zero-order valence-corrected chi connectivity index (χ0v) is 21.3. The summed E-state index contributed by atoms with van der Waals surface area (Å²) in [5.41, 5.74) is 1.25. The highest BCUT2D eigenvalue weighted by Crippen LogP contribution is 2.15. The SMILES string of the molecule is CC(C)(C)OC(=O)CCNC(=O)c1ccc(OCCCCCCCCc2ccc(Cl)nc2)cc1. The number of halogens is 1. The van der Waals surface area contributed by atoms with Gasteiger partial charge in [0, 0.05) is 18.3 Å². The quantitative estimate of drug-likeness (QED) is 0.196. The minimum atomic E-state index is -0.520. The highest BCUT2D eigenvalue weighted by Gasteiger charge is 2.16. The lowest BCUT2D eigenvalue weighted by molar-refractivity contribution is -0.154. The van der Waals surface area contributed by atoms with Crippen LogP contribution in [0.1, 0.15) is 81.6 Å². The number of amides is 1. The number of aryl methyl sites for hydroxylation is 1. The molecule has 1 amide bonds. The molecule has 34 heavy (non-hydrogen) atoms. The van der Waals surface area contributed by atoms with E-state index in [0.717, 1.165) is 25.0 Å². The van der Waals surface area contributed by atoms with Crippen LogP contribution in [0.4, 0.5) is 0 Å². The lowest BCUT2D eigenvalue weighted by atomic mass is 10.1. The summed E-state index contributed by atoms with van der Waals surface area (Å²) in [5.74, 6) is 0.205. The number of unbranched alkanes of at least 4 members (excludes halogenated alkanes) is 5. The van der Waals surface area contributed by atoms with E-state index in [1.807, 2.05) is 39.1 Å². The van der Waals surface area contributed by atoms with Crippen LogP contribution in [0.2, 0.25) is 5.15 Å². The smallest absolute Gasteiger partial charge is 0.308 e. The molecule has 1 aromatic heterocycles.